The standard InChI is InChI=1S/Na.H3O4P.H2O3S2/c;2*1-5(2,3)4/h;(H3,1,2,3,4);(H2,1,2,3,4)/q+1;;/p-1. The Labute approximate surface area is 89.7 Å². The van der Waals surface area contributed by atoms with E-state index in [1.165, 1.54) is 0 Å². The van der Waals surface area contributed by atoms with E-state index in [0.717, 1.165) is 0 Å². The molecule has 0 aliphatic heterocycles. The summed E-state index contributed by atoms with van der Waals surface area (Å²) in [5.41, 5.74) is 0. The van der Waals surface area contributed by atoms with Crippen LogP contribution in [0.2, 0.25) is 0 Å². The first-order valence-electron chi connectivity index (χ1n) is 1.46. The van der Waals surface area contributed by atoms with E-state index in [0.29, 0.717) is 0 Å². The Morgan fingerprint density at radius 3 is 1.36 bits per heavy atom. The molecule has 64 valence electrons. The van der Waals surface area contributed by atoms with Crippen LogP contribution in [-0.2, 0) is 24.8 Å². The number of hydrogen-bond donors (Lipinski definition) is 4. The van der Waals surface area contributed by atoms with Gasteiger partial charge in [0.25, 0.3) is 16.9 Å². The molecule has 0 spiro atoms. The van der Waals surface area contributed by atoms with E-state index in [-0.39, 0.29) is 29.6 Å². The summed E-state index contributed by atoms with van der Waals surface area (Å²) in [4.78, 5) is 22.9. The van der Waals surface area contributed by atoms with E-state index < -0.39 is 16.9 Å². The molecular weight excluding hydrogens is 230 g/mol. The minimum Gasteiger partial charge on any atom is -0.756 e. The summed E-state index contributed by atoms with van der Waals surface area (Å²) in [7, 11) is -8.72. The first-order chi connectivity index (χ1) is 4.00. The molecule has 0 aliphatic rings. The normalized spacial score (nSPS) is 10.6. The third-order valence-corrected chi connectivity index (χ3v) is 0. The van der Waals surface area contributed by atoms with Gasteiger partial charge in [0.1, 0.15) is 0 Å². The van der Waals surface area contributed by atoms with Gasteiger partial charge in [0.2, 0.25) is 0 Å². The zero-order valence-corrected chi connectivity index (χ0v) is 9.80. The summed E-state index contributed by atoms with van der Waals surface area (Å²) in [5, 5.41) is 0. The van der Waals surface area contributed by atoms with Gasteiger partial charge in [-0.2, -0.15) is 4.21 Å². The SMILES string of the molecule is O=P([O-])(O)O.O=S(O)(O)=S.[Na+]. The maximum Gasteiger partial charge on any atom is 1.00 e. The van der Waals surface area contributed by atoms with Crippen LogP contribution in [0.5, 0.6) is 0 Å². The fourth-order valence-electron chi connectivity index (χ4n) is 0. The van der Waals surface area contributed by atoms with Crippen LogP contribution in [0.15, 0.2) is 0 Å². The van der Waals surface area contributed by atoms with E-state index in [9.17, 15) is 0 Å². The van der Waals surface area contributed by atoms with Gasteiger partial charge in [-0.25, -0.2) is 0 Å². The van der Waals surface area contributed by atoms with Crippen molar-refractivity contribution in [3.05, 3.63) is 0 Å². The molecule has 11 heteroatoms. The molecule has 0 atom stereocenters. The quantitative estimate of drug-likeness (QED) is 0.242. The van der Waals surface area contributed by atoms with Crippen LogP contribution in [0.1, 0.15) is 0 Å². The maximum absolute atomic E-state index is 9.11. The average Bonchev–Trinajstić information content (AvgIpc) is 1.12. The summed E-state index contributed by atoms with van der Waals surface area (Å²) in [6.45, 7) is 0. The molecule has 0 aromatic rings. The number of phosphoric acid groups is 1. The van der Waals surface area contributed by atoms with Crippen LogP contribution in [0.3, 0.4) is 0 Å². The molecule has 0 amide bonds. The van der Waals surface area contributed by atoms with E-state index in [2.05, 4.69) is 11.2 Å². The van der Waals surface area contributed by atoms with Crippen LogP contribution in [0.25, 0.3) is 0 Å². The van der Waals surface area contributed by atoms with Gasteiger partial charge in [-0.1, -0.05) is 0 Å². The van der Waals surface area contributed by atoms with Gasteiger partial charge >= 0.3 is 29.6 Å². The van der Waals surface area contributed by atoms with Gasteiger partial charge in [0.05, 0.1) is 0 Å². The van der Waals surface area contributed by atoms with Crippen LogP contribution in [-0.4, -0.2) is 23.1 Å². The predicted molar refractivity (Wildman–Crippen MR) is 32.8 cm³/mol. The monoisotopic (exact) mass is 234 g/mol. The van der Waals surface area contributed by atoms with Crippen molar-refractivity contribution in [1.29, 1.82) is 0 Å². The van der Waals surface area contributed by atoms with E-state index in [4.69, 9.17) is 32.6 Å². The smallest absolute Gasteiger partial charge is 0.756 e. The molecule has 0 aromatic carbocycles. The molecule has 0 rings (SSSR count). The van der Waals surface area contributed by atoms with Crippen molar-refractivity contribution < 1.29 is 62.1 Å². The van der Waals surface area contributed by atoms with Crippen LogP contribution in [0.4, 0.5) is 0 Å². The third kappa shape index (κ3) is 514. The van der Waals surface area contributed by atoms with E-state index in [1.54, 1.807) is 0 Å². The first kappa shape index (κ1) is 18.2. The molecule has 0 aromatic heterocycles. The molecule has 0 heterocycles. The van der Waals surface area contributed by atoms with Crippen molar-refractivity contribution in [3.63, 3.8) is 0 Å². The molecule has 7 nitrogen and oxygen atoms in total. The summed E-state index contributed by atoms with van der Waals surface area (Å²) in [6, 6.07) is 0. The Morgan fingerprint density at radius 1 is 1.36 bits per heavy atom. The van der Waals surface area contributed by atoms with Crippen LogP contribution >= 0.6 is 7.82 Å². The van der Waals surface area contributed by atoms with Gasteiger partial charge in [-0.05, 0) is 0 Å². The molecule has 0 unspecified atom stereocenters. The molecule has 0 aliphatic carbocycles. The Morgan fingerprint density at radius 2 is 1.36 bits per heavy atom. The van der Waals surface area contributed by atoms with E-state index >= 15 is 0 Å². The van der Waals surface area contributed by atoms with Gasteiger partial charge < -0.3 is 14.7 Å². The Hall–Kier alpha value is 1.40. The largest absolute Gasteiger partial charge is 1.00 e. The average molecular weight is 234 g/mol. The van der Waals surface area contributed by atoms with Crippen molar-refractivity contribution in [3.8, 4) is 0 Å². The van der Waals surface area contributed by atoms with Gasteiger partial charge in [0, 0.05) is 11.2 Å². The first-order valence-corrected chi connectivity index (χ1v) is 5.39. The van der Waals surface area contributed by atoms with Crippen molar-refractivity contribution in [1.82, 2.24) is 0 Å². The third-order valence-electron chi connectivity index (χ3n) is 0. The molecular formula is H4NaO7PS2. The zero-order valence-electron chi connectivity index (χ0n) is 5.28. The van der Waals surface area contributed by atoms with Crippen molar-refractivity contribution in [2.75, 3.05) is 0 Å². The summed E-state index contributed by atoms with van der Waals surface area (Å²) in [6.07, 6.45) is 0. The Bertz CT molecular complexity index is 194. The van der Waals surface area contributed by atoms with Crippen molar-refractivity contribution in [2.24, 2.45) is 0 Å². The fourth-order valence-corrected chi connectivity index (χ4v) is 0. The second kappa shape index (κ2) is 6.87. The molecule has 11 heavy (non-hydrogen) atoms. The van der Waals surface area contributed by atoms with Crippen LogP contribution < -0.4 is 34.5 Å². The Kier molecular flexibility index (Phi) is 11.4. The molecule has 0 bridgehead atoms. The molecule has 0 saturated carbocycles. The van der Waals surface area contributed by atoms with E-state index in [1.807, 2.05) is 0 Å². The molecule has 0 fully saturated rings. The topological polar surface area (TPSA) is 138 Å². The fraction of sp³-hybridized carbons (Fsp3) is 0. The van der Waals surface area contributed by atoms with Gasteiger partial charge in [-0.3, -0.25) is 13.7 Å². The minimum absolute atomic E-state index is 0. The molecule has 0 saturated heterocycles. The van der Waals surface area contributed by atoms with Gasteiger partial charge in [0.15, 0.2) is 0 Å². The zero-order chi connectivity index (χ0) is 9.00. The maximum atomic E-state index is 9.11. The summed E-state index contributed by atoms with van der Waals surface area (Å²) < 4.78 is 32.7. The number of hydrogen-bond acceptors (Lipinski definition) is 4. The summed E-state index contributed by atoms with van der Waals surface area (Å²) in [5.74, 6) is 0. The number of rotatable bonds is 0. The van der Waals surface area contributed by atoms with Crippen molar-refractivity contribution in [2.45, 2.75) is 0 Å². The van der Waals surface area contributed by atoms with Gasteiger partial charge in [-0.15, -0.1) is 0 Å². The molecule has 0 radical (unpaired) electrons. The summed E-state index contributed by atoms with van der Waals surface area (Å²) >= 11 is 3.47. The van der Waals surface area contributed by atoms with Crippen LogP contribution in [0, 0.1) is 0 Å². The molecule has 4 N–H and O–H groups in total. The predicted octanol–water partition coefficient (Wildman–Crippen LogP) is -4.88. The Balaban J connectivity index is -0.000000107. The van der Waals surface area contributed by atoms with Crippen molar-refractivity contribution >= 4 is 28.1 Å². The second-order valence-electron chi connectivity index (χ2n) is 0.938. The minimum atomic E-state index is -4.89. The second-order valence-corrected chi connectivity index (χ2v) is 4.12.